The normalized spacial score (nSPS) is 11.4. The minimum Gasteiger partial charge on any atom is -0.488 e. The van der Waals surface area contributed by atoms with Crippen LogP contribution in [0.25, 0.3) is 0 Å². The van der Waals surface area contributed by atoms with Crippen LogP contribution in [0.3, 0.4) is 0 Å². The lowest BCUT2D eigenvalue weighted by molar-refractivity contribution is 0.304. The Balaban J connectivity index is 2.03. The van der Waals surface area contributed by atoms with Crippen molar-refractivity contribution in [3.8, 4) is 5.75 Å². The molecule has 3 heteroatoms. The van der Waals surface area contributed by atoms with Crippen molar-refractivity contribution in [3.63, 3.8) is 0 Å². The molecule has 2 aromatic carbocycles. The fourth-order valence-corrected chi connectivity index (χ4v) is 2.57. The lowest BCUT2D eigenvalue weighted by Gasteiger charge is -2.19. The first kappa shape index (κ1) is 15.1. The van der Waals surface area contributed by atoms with Gasteiger partial charge in [-0.1, -0.05) is 36.4 Å². The van der Waals surface area contributed by atoms with Gasteiger partial charge in [0.05, 0.1) is 4.47 Å². The molecule has 0 atom stereocenters. The summed E-state index contributed by atoms with van der Waals surface area (Å²) < 4.78 is 6.80. The van der Waals surface area contributed by atoms with E-state index in [2.05, 4.69) is 40.2 Å². The lowest BCUT2D eigenvalue weighted by Crippen LogP contribution is -2.34. The third-order valence-electron chi connectivity index (χ3n) is 2.89. The first-order valence-electron chi connectivity index (χ1n) is 6.68. The smallest absolute Gasteiger partial charge is 0.134 e. The van der Waals surface area contributed by atoms with E-state index < -0.39 is 0 Å². The molecule has 2 N–H and O–H groups in total. The first-order chi connectivity index (χ1) is 9.44. The van der Waals surface area contributed by atoms with Gasteiger partial charge in [-0.15, -0.1) is 0 Å². The predicted octanol–water partition coefficient (Wildman–Crippen LogP) is 4.31. The molecule has 0 aliphatic heterocycles. The Bertz CT molecular complexity index is 561. The second kappa shape index (κ2) is 6.42. The topological polar surface area (TPSA) is 35.2 Å². The van der Waals surface area contributed by atoms with Crippen molar-refractivity contribution >= 4 is 15.9 Å². The summed E-state index contributed by atoms with van der Waals surface area (Å²) in [5.41, 5.74) is 8.21. The standard InChI is InChI=1S/C17H20BrNO/c1-17(2,19)11-14-8-9-16(15(18)10-14)20-12-13-6-4-3-5-7-13/h3-10H,11-12,19H2,1-2H3. The van der Waals surface area contributed by atoms with Gasteiger partial charge in [-0.05, 0) is 59.5 Å². The van der Waals surface area contributed by atoms with Crippen molar-refractivity contribution in [2.45, 2.75) is 32.4 Å². The summed E-state index contributed by atoms with van der Waals surface area (Å²) in [6.45, 7) is 4.63. The van der Waals surface area contributed by atoms with E-state index in [1.165, 1.54) is 5.56 Å². The van der Waals surface area contributed by atoms with Crippen LogP contribution in [0.2, 0.25) is 0 Å². The van der Waals surface area contributed by atoms with Crippen LogP contribution in [0.4, 0.5) is 0 Å². The summed E-state index contributed by atoms with van der Waals surface area (Å²) in [5, 5.41) is 0. The quantitative estimate of drug-likeness (QED) is 0.884. The minimum atomic E-state index is -0.203. The van der Waals surface area contributed by atoms with E-state index in [-0.39, 0.29) is 5.54 Å². The van der Waals surface area contributed by atoms with Gasteiger partial charge in [0, 0.05) is 5.54 Å². The Morgan fingerprint density at radius 3 is 2.35 bits per heavy atom. The van der Waals surface area contributed by atoms with E-state index in [1.807, 2.05) is 38.1 Å². The number of halogens is 1. The number of hydrogen-bond donors (Lipinski definition) is 1. The van der Waals surface area contributed by atoms with Gasteiger partial charge >= 0.3 is 0 Å². The summed E-state index contributed by atoms with van der Waals surface area (Å²) in [6, 6.07) is 16.3. The monoisotopic (exact) mass is 333 g/mol. The highest BCUT2D eigenvalue weighted by Crippen LogP contribution is 2.28. The second-order valence-electron chi connectivity index (χ2n) is 5.70. The Morgan fingerprint density at radius 2 is 1.75 bits per heavy atom. The van der Waals surface area contributed by atoms with Gasteiger partial charge in [-0.3, -0.25) is 0 Å². The molecule has 2 rings (SSSR count). The molecule has 0 spiro atoms. The number of hydrogen-bond acceptors (Lipinski definition) is 2. The highest BCUT2D eigenvalue weighted by molar-refractivity contribution is 9.10. The zero-order chi connectivity index (χ0) is 14.6. The molecule has 0 bridgehead atoms. The van der Waals surface area contributed by atoms with Gasteiger partial charge in [0.25, 0.3) is 0 Å². The molecule has 0 aromatic heterocycles. The average molecular weight is 334 g/mol. The van der Waals surface area contributed by atoms with Crippen LogP contribution in [-0.4, -0.2) is 5.54 Å². The SMILES string of the molecule is CC(C)(N)Cc1ccc(OCc2ccccc2)c(Br)c1. The van der Waals surface area contributed by atoms with Crippen LogP contribution >= 0.6 is 15.9 Å². The molecule has 2 aromatic rings. The van der Waals surface area contributed by atoms with Crippen molar-refractivity contribution in [3.05, 3.63) is 64.1 Å². The number of nitrogens with two attached hydrogens (primary N) is 1. The van der Waals surface area contributed by atoms with E-state index in [1.54, 1.807) is 0 Å². The Morgan fingerprint density at radius 1 is 1.05 bits per heavy atom. The van der Waals surface area contributed by atoms with Crippen molar-refractivity contribution in [2.24, 2.45) is 5.73 Å². The van der Waals surface area contributed by atoms with Crippen molar-refractivity contribution in [2.75, 3.05) is 0 Å². The summed E-state index contributed by atoms with van der Waals surface area (Å²) in [7, 11) is 0. The Kier molecular flexibility index (Phi) is 4.84. The summed E-state index contributed by atoms with van der Waals surface area (Å²) >= 11 is 3.56. The molecule has 0 radical (unpaired) electrons. The molecule has 0 saturated carbocycles. The van der Waals surface area contributed by atoms with E-state index >= 15 is 0 Å². The van der Waals surface area contributed by atoms with Gasteiger partial charge in [0.2, 0.25) is 0 Å². The molecule has 0 saturated heterocycles. The highest BCUT2D eigenvalue weighted by atomic mass is 79.9. The summed E-state index contributed by atoms with van der Waals surface area (Å²) in [6.07, 6.45) is 0.838. The van der Waals surface area contributed by atoms with Crippen LogP contribution in [0.5, 0.6) is 5.75 Å². The van der Waals surface area contributed by atoms with E-state index in [9.17, 15) is 0 Å². The molecule has 0 aliphatic carbocycles. The minimum absolute atomic E-state index is 0.203. The molecule has 0 unspecified atom stereocenters. The molecule has 20 heavy (non-hydrogen) atoms. The van der Waals surface area contributed by atoms with Gasteiger partial charge in [-0.25, -0.2) is 0 Å². The Labute approximate surface area is 129 Å². The van der Waals surface area contributed by atoms with Crippen LogP contribution in [0.15, 0.2) is 53.0 Å². The van der Waals surface area contributed by atoms with E-state index in [4.69, 9.17) is 10.5 Å². The van der Waals surface area contributed by atoms with E-state index in [0.717, 1.165) is 22.2 Å². The predicted molar refractivity (Wildman–Crippen MR) is 86.9 cm³/mol. The maximum Gasteiger partial charge on any atom is 0.134 e. The third-order valence-corrected chi connectivity index (χ3v) is 3.51. The lowest BCUT2D eigenvalue weighted by atomic mass is 9.96. The molecule has 106 valence electrons. The molecule has 0 amide bonds. The van der Waals surface area contributed by atoms with Crippen LogP contribution in [0, 0.1) is 0 Å². The Hall–Kier alpha value is -1.32. The van der Waals surface area contributed by atoms with Gasteiger partial charge < -0.3 is 10.5 Å². The fraction of sp³-hybridized carbons (Fsp3) is 0.294. The second-order valence-corrected chi connectivity index (χ2v) is 6.56. The number of ether oxygens (including phenoxy) is 1. The first-order valence-corrected chi connectivity index (χ1v) is 7.47. The molecule has 2 nitrogen and oxygen atoms in total. The van der Waals surface area contributed by atoms with Crippen molar-refractivity contribution in [1.82, 2.24) is 0 Å². The van der Waals surface area contributed by atoms with Crippen molar-refractivity contribution in [1.29, 1.82) is 0 Å². The zero-order valence-corrected chi connectivity index (χ0v) is 13.5. The van der Waals surface area contributed by atoms with Crippen LogP contribution in [0.1, 0.15) is 25.0 Å². The molecule has 0 heterocycles. The number of rotatable bonds is 5. The molecular formula is C17H20BrNO. The average Bonchev–Trinajstić information content (AvgIpc) is 2.37. The van der Waals surface area contributed by atoms with Crippen LogP contribution in [-0.2, 0) is 13.0 Å². The third kappa shape index (κ3) is 4.66. The molecule has 0 aliphatic rings. The molecular weight excluding hydrogens is 314 g/mol. The van der Waals surface area contributed by atoms with Gasteiger partial charge in [0.15, 0.2) is 0 Å². The van der Waals surface area contributed by atoms with Gasteiger partial charge in [0.1, 0.15) is 12.4 Å². The molecule has 0 fully saturated rings. The summed E-state index contributed by atoms with van der Waals surface area (Å²) in [4.78, 5) is 0. The zero-order valence-electron chi connectivity index (χ0n) is 11.9. The van der Waals surface area contributed by atoms with E-state index in [0.29, 0.717) is 6.61 Å². The summed E-state index contributed by atoms with van der Waals surface area (Å²) in [5.74, 6) is 0.854. The van der Waals surface area contributed by atoms with Crippen LogP contribution < -0.4 is 10.5 Å². The largest absolute Gasteiger partial charge is 0.488 e. The fourth-order valence-electron chi connectivity index (χ4n) is 2.03. The maximum atomic E-state index is 6.04. The van der Waals surface area contributed by atoms with Gasteiger partial charge in [-0.2, -0.15) is 0 Å². The maximum absolute atomic E-state index is 6.04. The highest BCUT2D eigenvalue weighted by Gasteiger charge is 2.13. The van der Waals surface area contributed by atoms with Crippen molar-refractivity contribution < 1.29 is 4.74 Å². The number of benzene rings is 2.